The Morgan fingerprint density at radius 2 is 1.93 bits per heavy atom. The van der Waals surface area contributed by atoms with Gasteiger partial charge in [-0.1, -0.05) is 0 Å². The van der Waals surface area contributed by atoms with E-state index in [2.05, 4.69) is 0 Å². The van der Waals surface area contributed by atoms with E-state index in [1.165, 1.54) is 0 Å². The lowest BCUT2D eigenvalue weighted by molar-refractivity contribution is 0.0912. The Kier molecular flexibility index (Phi) is 2.90. The van der Waals surface area contributed by atoms with Crippen molar-refractivity contribution in [1.29, 1.82) is 0 Å². The van der Waals surface area contributed by atoms with Gasteiger partial charge in [0, 0.05) is 0 Å². The van der Waals surface area contributed by atoms with E-state index >= 15 is 0 Å². The molecule has 3 atom stereocenters. The van der Waals surface area contributed by atoms with E-state index in [0.29, 0.717) is 0 Å². The van der Waals surface area contributed by atoms with E-state index in [0.717, 1.165) is 6.92 Å². The molecule has 1 aliphatic carbocycles. The predicted octanol–water partition coefficient (Wildman–Crippen LogP) is 3.68. The van der Waals surface area contributed by atoms with Crippen LogP contribution in [0.25, 0.3) is 0 Å². The second-order valence-electron chi connectivity index (χ2n) is 2.96. The third-order valence-corrected chi connectivity index (χ3v) is 2.32. The van der Waals surface area contributed by atoms with Crippen LogP contribution in [0.3, 0.4) is 0 Å². The van der Waals surface area contributed by atoms with Crippen molar-refractivity contribution >= 4 is 11.6 Å². The molecule has 0 N–H and O–H groups in total. The summed E-state index contributed by atoms with van der Waals surface area (Å²) in [4.78, 5) is 0. The first kappa shape index (κ1) is 11.5. The van der Waals surface area contributed by atoms with Crippen molar-refractivity contribution in [3.8, 4) is 0 Å². The van der Waals surface area contributed by atoms with Crippen molar-refractivity contribution in [2.75, 3.05) is 0 Å². The molecule has 0 radical (unpaired) electrons. The van der Waals surface area contributed by atoms with Crippen LogP contribution < -0.4 is 0 Å². The fourth-order valence-electron chi connectivity index (χ4n) is 1.07. The number of rotatable bonds is 1. The smallest absolute Gasteiger partial charge is 0.193 e. The topological polar surface area (TPSA) is 0 Å². The summed E-state index contributed by atoms with van der Waals surface area (Å²) in [6.45, 7) is 1.02. The lowest BCUT2D eigenvalue weighted by atomic mass is 9.90. The van der Waals surface area contributed by atoms with E-state index in [-0.39, 0.29) is 6.08 Å². The Balaban J connectivity index is 3.20. The van der Waals surface area contributed by atoms with Crippen molar-refractivity contribution in [2.24, 2.45) is 0 Å². The van der Waals surface area contributed by atoms with Crippen LogP contribution in [0.1, 0.15) is 6.92 Å². The zero-order valence-electron chi connectivity index (χ0n) is 7.00. The largest absolute Gasteiger partial charge is 0.236 e. The molecule has 0 aromatic heterocycles. The molecule has 0 amide bonds. The van der Waals surface area contributed by atoms with E-state index in [1.807, 2.05) is 0 Å². The van der Waals surface area contributed by atoms with Gasteiger partial charge in [0.2, 0.25) is 0 Å². The van der Waals surface area contributed by atoms with Gasteiger partial charge < -0.3 is 0 Å². The van der Waals surface area contributed by atoms with Gasteiger partial charge in [-0.15, -0.1) is 11.6 Å². The highest BCUT2D eigenvalue weighted by molar-refractivity contribution is 6.21. The Hall–Kier alpha value is -0.580. The standard InChI is InChI=1S/C8H6ClF5/c1-3(9)8(14)2-4(10)5(11)6(12)7(8)13/h2-3,7H,1H3. The van der Waals surface area contributed by atoms with Crippen LogP contribution in [0.2, 0.25) is 0 Å². The molecule has 6 heteroatoms. The summed E-state index contributed by atoms with van der Waals surface area (Å²) in [6.07, 6.45) is -2.89. The first-order chi connectivity index (χ1) is 6.30. The molecule has 0 saturated heterocycles. The average Bonchev–Trinajstić information content (AvgIpc) is 2.11. The van der Waals surface area contributed by atoms with E-state index in [1.54, 1.807) is 0 Å². The monoisotopic (exact) mass is 232 g/mol. The third kappa shape index (κ3) is 1.54. The lowest BCUT2D eigenvalue weighted by Crippen LogP contribution is -2.43. The van der Waals surface area contributed by atoms with Crippen molar-refractivity contribution in [3.63, 3.8) is 0 Å². The minimum Gasteiger partial charge on any atom is -0.236 e. The molecule has 0 aromatic carbocycles. The highest BCUT2D eigenvalue weighted by Gasteiger charge is 2.50. The number of hydrogen-bond donors (Lipinski definition) is 0. The van der Waals surface area contributed by atoms with Gasteiger partial charge in [0.25, 0.3) is 0 Å². The van der Waals surface area contributed by atoms with Crippen LogP contribution in [0.4, 0.5) is 22.0 Å². The Morgan fingerprint density at radius 1 is 1.43 bits per heavy atom. The van der Waals surface area contributed by atoms with Crippen molar-refractivity contribution in [1.82, 2.24) is 0 Å². The number of allylic oxidation sites excluding steroid dienone is 4. The molecular formula is C8H6ClF5. The molecule has 14 heavy (non-hydrogen) atoms. The summed E-state index contributed by atoms with van der Waals surface area (Å²) in [7, 11) is 0. The average molecular weight is 233 g/mol. The summed E-state index contributed by atoms with van der Waals surface area (Å²) in [5, 5.41) is -1.51. The fourth-order valence-corrected chi connectivity index (χ4v) is 1.24. The van der Waals surface area contributed by atoms with Crippen molar-refractivity contribution < 1.29 is 22.0 Å². The SMILES string of the molecule is CC(Cl)C1(F)C=C(F)C(F)=C(F)C1F. The van der Waals surface area contributed by atoms with Crippen LogP contribution in [-0.4, -0.2) is 17.2 Å². The maximum Gasteiger partial charge on any atom is 0.193 e. The maximum atomic E-state index is 13.5. The molecule has 3 unspecified atom stereocenters. The number of alkyl halides is 3. The van der Waals surface area contributed by atoms with E-state index in [4.69, 9.17) is 11.6 Å². The van der Waals surface area contributed by atoms with Gasteiger partial charge in [-0.3, -0.25) is 0 Å². The highest BCUT2D eigenvalue weighted by atomic mass is 35.5. The molecule has 0 bridgehead atoms. The molecule has 0 aromatic rings. The summed E-state index contributed by atoms with van der Waals surface area (Å²) in [5.41, 5.74) is -3.05. The first-order valence-corrected chi connectivity index (χ1v) is 4.15. The molecule has 0 heterocycles. The van der Waals surface area contributed by atoms with Gasteiger partial charge in [0.05, 0.1) is 5.38 Å². The Bertz CT molecular complexity index is 309. The number of halogens is 6. The third-order valence-electron chi connectivity index (χ3n) is 1.99. The molecule has 1 rings (SSSR count). The second-order valence-corrected chi connectivity index (χ2v) is 3.61. The minimum atomic E-state index is -3.05. The highest BCUT2D eigenvalue weighted by Crippen LogP contribution is 2.41. The van der Waals surface area contributed by atoms with Gasteiger partial charge in [0.1, 0.15) is 0 Å². The van der Waals surface area contributed by atoms with Gasteiger partial charge in [-0.05, 0) is 13.0 Å². The molecular weight excluding hydrogens is 227 g/mol. The van der Waals surface area contributed by atoms with Crippen LogP contribution in [0.15, 0.2) is 23.6 Å². The normalized spacial score (nSPS) is 35.6. The summed E-state index contributed by atoms with van der Waals surface area (Å²) < 4.78 is 64.1. The van der Waals surface area contributed by atoms with E-state index < -0.39 is 34.7 Å². The Labute approximate surface area is 82.0 Å². The second kappa shape index (κ2) is 3.53. The predicted molar refractivity (Wildman–Crippen MR) is 42.5 cm³/mol. The van der Waals surface area contributed by atoms with Gasteiger partial charge >= 0.3 is 0 Å². The van der Waals surface area contributed by atoms with Gasteiger partial charge in [-0.2, -0.15) is 0 Å². The van der Waals surface area contributed by atoms with Gasteiger partial charge in [0.15, 0.2) is 29.3 Å². The minimum absolute atomic E-state index is 0.0216. The lowest BCUT2D eigenvalue weighted by Gasteiger charge is -2.29. The molecule has 0 fully saturated rings. The molecule has 0 nitrogen and oxygen atoms in total. The summed E-state index contributed by atoms with van der Waals surface area (Å²) >= 11 is 5.23. The molecule has 80 valence electrons. The quantitative estimate of drug-likeness (QED) is 0.478. The van der Waals surface area contributed by atoms with Crippen LogP contribution in [0.5, 0.6) is 0 Å². The van der Waals surface area contributed by atoms with Gasteiger partial charge in [-0.25, -0.2) is 22.0 Å². The summed E-state index contributed by atoms with van der Waals surface area (Å²) in [5.74, 6) is -5.88. The summed E-state index contributed by atoms with van der Waals surface area (Å²) in [6, 6.07) is 0. The molecule has 0 spiro atoms. The molecule has 0 saturated carbocycles. The zero-order chi connectivity index (χ0) is 11.1. The molecule has 1 aliphatic rings. The van der Waals surface area contributed by atoms with Crippen LogP contribution in [0, 0.1) is 0 Å². The van der Waals surface area contributed by atoms with Crippen LogP contribution >= 0.6 is 11.6 Å². The zero-order valence-corrected chi connectivity index (χ0v) is 7.76. The fraction of sp³-hybridized carbons (Fsp3) is 0.500. The Morgan fingerprint density at radius 3 is 2.36 bits per heavy atom. The van der Waals surface area contributed by atoms with Crippen LogP contribution in [-0.2, 0) is 0 Å². The number of hydrogen-bond acceptors (Lipinski definition) is 0. The molecule has 0 aliphatic heterocycles. The first-order valence-electron chi connectivity index (χ1n) is 3.71. The van der Waals surface area contributed by atoms with Crippen molar-refractivity contribution in [3.05, 3.63) is 23.6 Å². The van der Waals surface area contributed by atoms with Crippen molar-refractivity contribution in [2.45, 2.75) is 24.1 Å². The maximum absolute atomic E-state index is 13.5. The van der Waals surface area contributed by atoms with E-state index in [9.17, 15) is 22.0 Å².